The first-order valence-electron chi connectivity index (χ1n) is 9.30. The molecule has 1 aromatic carbocycles. The summed E-state index contributed by atoms with van der Waals surface area (Å²) in [4.78, 5) is 18.5. The van der Waals surface area contributed by atoms with Crippen molar-refractivity contribution < 1.29 is 4.79 Å². The van der Waals surface area contributed by atoms with E-state index in [-0.39, 0.29) is 11.7 Å². The minimum atomic E-state index is -0.169. The van der Waals surface area contributed by atoms with Crippen molar-refractivity contribution in [3.05, 3.63) is 47.6 Å². The number of nitrogens with one attached hydrogen (secondary N) is 1. The van der Waals surface area contributed by atoms with E-state index in [9.17, 15) is 4.79 Å². The van der Waals surface area contributed by atoms with Gasteiger partial charge in [0, 0.05) is 37.6 Å². The molecule has 0 radical (unpaired) electrons. The number of pyridine rings is 1. The van der Waals surface area contributed by atoms with E-state index in [4.69, 9.17) is 11.6 Å². The van der Waals surface area contributed by atoms with Crippen LogP contribution in [-0.4, -0.2) is 44.5 Å². The minimum Gasteiger partial charge on any atom is -0.372 e. The molecule has 152 valence electrons. The first-order chi connectivity index (χ1) is 14.0. The number of aromatic nitrogens is 4. The van der Waals surface area contributed by atoms with Crippen LogP contribution in [0.25, 0.3) is 11.4 Å². The molecular weight excluding hydrogens is 408 g/mol. The number of thioether (sulfide) groups is 1. The van der Waals surface area contributed by atoms with E-state index in [0.717, 1.165) is 24.5 Å². The number of carbonyl (C=O) groups is 1. The Morgan fingerprint density at radius 1 is 1.14 bits per heavy atom. The van der Waals surface area contributed by atoms with Crippen LogP contribution in [0.4, 0.5) is 11.5 Å². The second-order valence-corrected chi connectivity index (χ2v) is 7.66. The Morgan fingerprint density at radius 2 is 1.86 bits per heavy atom. The fourth-order valence-electron chi connectivity index (χ4n) is 2.86. The Morgan fingerprint density at radius 3 is 2.48 bits per heavy atom. The topological polar surface area (TPSA) is 75.9 Å². The van der Waals surface area contributed by atoms with E-state index in [1.165, 1.54) is 23.6 Å². The van der Waals surface area contributed by atoms with Crippen LogP contribution in [0.3, 0.4) is 0 Å². The first-order valence-corrected chi connectivity index (χ1v) is 10.7. The van der Waals surface area contributed by atoms with Crippen molar-refractivity contribution in [1.29, 1.82) is 0 Å². The molecule has 0 spiro atoms. The average molecular weight is 431 g/mol. The predicted molar refractivity (Wildman–Crippen MR) is 119 cm³/mol. The Bertz CT molecular complexity index is 954. The van der Waals surface area contributed by atoms with Gasteiger partial charge in [-0.1, -0.05) is 23.4 Å². The van der Waals surface area contributed by atoms with Gasteiger partial charge in [-0.2, -0.15) is 0 Å². The smallest absolute Gasteiger partial charge is 0.236 e. The summed E-state index contributed by atoms with van der Waals surface area (Å²) in [6, 6.07) is 11.6. The molecule has 0 aliphatic rings. The summed E-state index contributed by atoms with van der Waals surface area (Å²) in [6.07, 6.45) is 1.49. The second kappa shape index (κ2) is 9.76. The highest BCUT2D eigenvalue weighted by Crippen LogP contribution is 2.25. The maximum atomic E-state index is 12.2. The molecule has 3 aromatic rings. The lowest BCUT2D eigenvalue weighted by atomic mass is 10.2. The Balaban J connectivity index is 1.63. The molecule has 0 aliphatic heterocycles. The van der Waals surface area contributed by atoms with Gasteiger partial charge in [0.05, 0.1) is 10.8 Å². The number of hydrogen-bond acceptors (Lipinski definition) is 6. The molecule has 1 N–H and O–H groups in total. The first kappa shape index (κ1) is 21.1. The molecule has 2 aromatic heterocycles. The molecule has 0 unspecified atom stereocenters. The number of rotatable bonds is 8. The van der Waals surface area contributed by atoms with Gasteiger partial charge in [0.1, 0.15) is 5.82 Å². The van der Waals surface area contributed by atoms with Crippen LogP contribution >= 0.6 is 23.4 Å². The largest absolute Gasteiger partial charge is 0.372 e. The van der Waals surface area contributed by atoms with Crippen molar-refractivity contribution in [3.8, 4) is 11.4 Å². The van der Waals surface area contributed by atoms with E-state index < -0.39 is 0 Å². The fourth-order valence-corrected chi connectivity index (χ4v) is 3.68. The number of nitrogens with zero attached hydrogens (tertiary/aromatic N) is 5. The van der Waals surface area contributed by atoms with Crippen molar-refractivity contribution in [2.45, 2.75) is 19.0 Å². The monoisotopic (exact) mass is 430 g/mol. The van der Waals surface area contributed by atoms with E-state index in [0.29, 0.717) is 16.0 Å². The second-order valence-electron chi connectivity index (χ2n) is 6.28. The highest BCUT2D eigenvalue weighted by Gasteiger charge is 2.14. The van der Waals surface area contributed by atoms with Gasteiger partial charge < -0.3 is 14.8 Å². The maximum absolute atomic E-state index is 12.2. The van der Waals surface area contributed by atoms with Crippen LogP contribution in [0, 0.1) is 0 Å². The van der Waals surface area contributed by atoms with Gasteiger partial charge in [-0.3, -0.25) is 4.79 Å². The van der Waals surface area contributed by atoms with E-state index in [2.05, 4.69) is 51.4 Å². The summed E-state index contributed by atoms with van der Waals surface area (Å²) < 4.78 is 1.89. The summed E-state index contributed by atoms with van der Waals surface area (Å²) >= 11 is 7.12. The van der Waals surface area contributed by atoms with Crippen LogP contribution in [-0.2, 0) is 11.8 Å². The Hall–Kier alpha value is -2.58. The molecule has 0 saturated carbocycles. The molecule has 1 amide bonds. The van der Waals surface area contributed by atoms with E-state index in [1.54, 1.807) is 12.1 Å². The normalized spacial score (nSPS) is 10.8. The zero-order chi connectivity index (χ0) is 20.8. The van der Waals surface area contributed by atoms with Gasteiger partial charge in [-0.05, 0) is 50.2 Å². The fraction of sp³-hybridized carbons (Fsp3) is 0.300. The number of anilines is 2. The molecule has 3 rings (SSSR count). The standard InChI is InChI=1S/C20H23ClN6OS/c1-4-27(5-2)16-9-6-14(7-10-16)19-24-25-20(26(19)3)29-13-18(28)23-17-11-8-15(21)12-22-17/h6-12H,4-5,13H2,1-3H3,(H,22,23,28). The van der Waals surface area contributed by atoms with Crippen LogP contribution < -0.4 is 10.2 Å². The quantitative estimate of drug-likeness (QED) is 0.542. The molecule has 9 heteroatoms. The molecular formula is C20H23ClN6OS. The van der Waals surface area contributed by atoms with Gasteiger partial charge in [-0.15, -0.1) is 10.2 Å². The van der Waals surface area contributed by atoms with Crippen molar-refractivity contribution in [2.24, 2.45) is 7.05 Å². The summed E-state index contributed by atoms with van der Waals surface area (Å²) in [5.74, 6) is 1.26. The Labute approximate surface area is 179 Å². The summed E-state index contributed by atoms with van der Waals surface area (Å²) in [7, 11) is 1.90. The Kier molecular flexibility index (Phi) is 7.11. The van der Waals surface area contributed by atoms with Crippen LogP contribution in [0.5, 0.6) is 0 Å². The minimum absolute atomic E-state index is 0.169. The lowest BCUT2D eigenvalue weighted by Crippen LogP contribution is -2.21. The number of carbonyl (C=O) groups excluding carboxylic acids is 1. The van der Waals surface area contributed by atoms with Crippen LogP contribution in [0.15, 0.2) is 47.8 Å². The third-order valence-corrected chi connectivity index (χ3v) is 5.66. The third kappa shape index (κ3) is 5.27. The van der Waals surface area contributed by atoms with E-state index in [1.807, 2.05) is 23.7 Å². The lowest BCUT2D eigenvalue weighted by molar-refractivity contribution is -0.113. The SMILES string of the molecule is CCN(CC)c1ccc(-c2nnc(SCC(=O)Nc3ccc(Cl)cn3)n2C)cc1. The molecule has 0 atom stereocenters. The van der Waals surface area contributed by atoms with E-state index >= 15 is 0 Å². The molecule has 29 heavy (non-hydrogen) atoms. The van der Waals surface area contributed by atoms with Gasteiger partial charge in [0.2, 0.25) is 5.91 Å². The summed E-state index contributed by atoms with van der Waals surface area (Å²) in [5.41, 5.74) is 2.17. The molecule has 0 fully saturated rings. The zero-order valence-corrected chi connectivity index (χ0v) is 18.2. The number of hydrogen-bond donors (Lipinski definition) is 1. The molecule has 0 aliphatic carbocycles. The lowest BCUT2D eigenvalue weighted by Gasteiger charge is -2.21. The van der Waals surface area contributed by atoms with Gasteiger partial charge >= 0.3 is 0 Å². The van der Waals surface area contributed by atoms with Crippen LogP contribution in [0.2, 0.25) is 5.02 Å². The van der Waals surface area contributed by atoms with Crippen molar-refractivity contribution in [2.75, 3.05) is 29.1 Å². The van der Waals surface area contributed by atoms with Gasteiger partial charge in [0.25, 0.3) is 0 Å². The third-order valence-electron chi connectivity index (χ3n) is 4.42. The van der Waals surface area contributed by atoms with Crippen molar-refractivity contribution in [3.63, 3.8) is 0 Å². The summed E-state index contributed by atoms with van der Waals surface area (Å²) in [6.45, 7) is 6.22. The van der Waals surface area contributed by atoms with Crippen molar-refractivity contribution >= 4 is 40.8 Å². The molecule has 0 saturated heterocycles. The van der Waals surface area contributed by atoms with Gasteiger partial charge in [0.15, 0.2) is 11.0 Å². The average Bonchev–Trinajstić information content (AvgIpc) is 3.10. The number of amides is 1. The molecule has 2 heterocycles. The summed E-state index contributed by atoms with van der Waals surface area (Å²) in [5, 5.41) is 12.4. The molecule has 7 nitrogen and oxygen atoms in total. The highest BCUT2D eigenvalue weighted by atomic mass is 35.5. The number of benzene rings is 1. The van der Waals surface area contributed by atoms with Gasteiger partial charge in [-0.25, -0.2) is 4.98 Å². The van der Waals surface area contributed by atoms with Crippen LogP contribution in [0.1, 0.15) is 13.8 Å². The zero-order valence-electron chi connectivity index (χ0n) is 16.6. The maximum Gasteiger partial charge on any atom is 0.236 e. The van der Waals surface area contributed by atoms with Crippen molar-refractivity contribution in [1.82, 2.24) is 19.7 Å². The highest BCUT2D eigenvalue weighted by molar-refractivity contribution is 7.99. The molecule has 0 bridgehead atoms. The number of halogens is 1. The predicted octanol–water partition coefficient (Wildman–Crippen LogP) is 4.11.